The van der Waals surface area contributed by atoms with Crippen LogP contribution in [-0.2, 0) is 10.0 Å². The molecule has 0 unspecified atom stereocenters. The number of hydrogen-bond acceptors (Lipinski definition) is 8. The first-order valence-corrected chi connectivity index (χ1v) is 8.89. The lowest BCUT2D eigenvalue weighted by Crippen LogP contribution is -2.12. The molecule has 10 nitrogen and oxygen atoms in total. The van der Waals surface area contributed by atoms with E-state index in [9.17, 15) is 27.3 Å². The van der Waals surface area contributed by atoms with Crippen LogP contribution in [0.1, 0.15) is 5.56 Å². The fourth-order valence-electron chi connectivity index (χ4n) is 2.07. The summed E-state index contributed by atoms with van der Waals surface area (Å²) in [4.78, 5) is 9.91. The van der Waals surface area contributed by atoms with E-state index in [1.807, 2.05) is 0 Å². The van der Waals surface area contributed by atoms with E-state index in [-0.39, 0.29) is 17.2 Å². The topological polar surface area (TPSA) is 146 Å². The van der Waals surface area contributed by atoms with Crippen LogP contribution in [0.15, 0.2) is 46.4 Å². The summed E-state index contributed by atoms with van der Waals surface area (Å²) in [6.45, 7) is -3.02. The van der Waals surface area contributed by atoms with Crippen molar-refractivity contribution in [2.45, 2.75) is 11.5 Å². The van der Waals surface area contributed by atoms with E-state index >= 15 is 0 Å². The second kappa shape index (κ2) is 8.58. The normalized spacial score (nSPS) is 11.6. The number of nitro groups is 1. The first kappa shape index (κ1) is 21.0. The molecule has 0 bridgehead atoms. The molecule has 0 aromatic heterocycles. The minimum Gasteiger partial charge on any atom is -0.493 e. The van der Waals surface area contributed by atoms with E-state index in [2.05, 4.69) is 15.3 Å². The molecule has 0 aliphatic carbocycles. The summed E-state index contributed by atoms with van der Waals surface area (Å²) in [6, 6.07) is 7.03. The van der Waals surface area contributed by atoms with Gasteiger partial charge in [0, 0.05) is 6.07 Å². The van der Waals surface area contributed by atoms with Crippen molar-refractivity contribution in [2.24, 2.45) is 10.2 Å². The van der Waals surface area contributed by atoms with Gasteiger partial charge in [-0.2, -0.15) is 13.9 Å². The number of sulfonamides is 1. The van der Waals surface area contributed by atoms with Gasteiger partial charge in [0.05, 0.1) is 23.1 Å². The number of anilines is 1. The molecule has 2 aromatic carbocycles. The first-order chi connectivity index (χ1) is 13.1. The highest BCUT2D eigenvalue weighted by Gasteiger charge is 2.18. The lowest BCUT2D eigenvalue weighted by atomic mass is 10.2. The lowest BCUT2D eigenvalue weighted by molar-refractivity contribution is -0.384. The summed E-state index contributed by atoms with van der Waals surface area (Å²) in [6.07, 6.45) is 1.24. The van der Waals surface area contributed by atoms with Gasteiger partial charge in [0.25, 0.3) is 5.69 Å². The molecule has 0 spiro atoms. The third kappa shape index (κ3) is 5.34. The van der Waals surface area contributed by atoms with Crippen LogP contribution in [0.2, 0.25) is 0 Å². The van der Waals surface area contributed by atoms with Gasteiger partial charge in [0.2, 0.25) is 10.0 Å². The number of hydrazone groups is 1. The highest BCUT2D eigenvalue weighted by atomic mass is 32.2. The third-order valence-corrected chi connectivity index (χ3v) is 4.21. The Labute approximate surface area is 157 Å². The number of nitrogens with one attached hydrogen (secondary N) is 1. The van der Waals surface area contributed by atoms with E-state index in [1.165, 1.54) is 31.5 Å². The molecule has 0 fully saturated rings. The van der Waals surface area contributed by atoms with Crippen molar-refractivity contribution in [1.82, 2.24) is 0 Å². The summed E-state index contributed by atoms with van der Waals surface area (Å²) in [5.41, 5.74) is 2.18. The molecular formula is C15H14F2N4O6S. The minimum absolute atomic E-state index is 0.0349. The van der Waals surface area contributed by atoms with Crippen molar-refractivity contribution in [3.63, 3.8) is 0 Å². The molecule has 3 N–H and O–H groups in total. The van der Waals surface area contributed by atoms with Crippen LogP contribution in [0.25, 0.3) is 0 Å². The van der Waals surface area contributed by atoms with Gasteiger partial charge in [0.1, 0.15) is 5.69 Å². The summed E-state index contributed by atoms with van der Waals surface area (Å²) in [5, 5.41) is 19.9. The molecule has 0 radical (unpaired) electrons. The Morgan fingerprint density at radius 2 is 1.96 bits per heavy atom. The molecule has 0 amide bonds. The van der Waals surface area contributed by atoms with Gasteiger partial charge >= 0.3 is 6.61 Å². The summed E-state index contributed by atoms with van der Waals surface area (Å²) < 4.78 is 56.5. The van der Waals surface area contributed by atoms with E-state index in [4.69, 9.17) is 9.88 Å². The maximum atomic E-state index is 12.3. The number of benzene rings is 2. The molecule has 0 aliphatic rings. The van der Waals surface area contributed by atoms with Gasteiger partial charge < -0.3 is 9.47 Å². The number of methoxy groups -OCH3 is 1. The largest absolute Gasteiger partial charge is 0.493 e. The Balaban J connectivity index is 2.24. The molecule has 0 saturated heterocycles. The zero-order valence-corrected chi connectivity index (χ0v) is 15.0. The van der Waals surface area contributed by atoms with Crippen LogP contribution in [0.3, 0.4) is 0 Å². The van der Waals surface area contributed by atoms with Crippen LogP contribution in [0, 0.1) is 10.1 Å². The van der Waals surface area contributed by atoms with Crippen LogP contribution in [0.4, 0.5) is 20.2 Å². The molecular weight excluding hydrogens is 402 g/mol. The smallest absolute Gasteiger partial charge is 0.387 e. The maximum Gasteiger partial charge on any atom is 0.387 e. The summed E-state index contributed by atoms with van der Waals surface area (Å²) >= 11 is 0. The molecule has 150 valence electrons. The third-order valence-electron chi connectivity index (χ3n) is 3.30. The monoisotopic (exact) mass is 416 g/mol. The number of nitrogens with two attached hydrogens (primary N) is 1. The van der Waals surface area contributed by atoms with Crippen molar-refractivity contribution in [3.8, 4) is 11.5 Å². The maximum absolute atomic E-state index is 12.3. The average Bonchev–Trinajstić information content (AvgIpc) is 2.61. The van der Waals surface area contributed by atoms with E-state index in [0.717, 1.165) is 18.2 Å². The van der Waals surface area contributed by atoms with Gasteiger partial charge in [-0.1, -0.05) is 0 Å². The molecule has 0 aliphatic heterocycles. The summed E-state index contributed by atoms with van der Waals surface area (Å²) in [5.74, 6) is -0.135. The standard InChI is InChI=1S/C15H14F2N4O6S/c1-26-14-6-9(2-5-13(14)27-15(16)17)8-19-20-11-4-3-10(28(18,24)25)7-12(11)21(22)23/h2-8,15,20H,1H3,(H2,18,24,25)/b19-8-. The predicted molar refractivity (Wildman–Crippen MR) is 95.3 cm³/mol. The minimum atomic E-state index is -4.11. The Morgan fingerprint density at radius 1 is 1.25 bits per heavy atom. The molecule has 28 heavy (non-hydrogen) atoms. The molecule has 0 heterocycles. The van der Waals surface area contributed by atoms with Crippen LogP contribution in [-0.4, -0.2) is 33.3 Å². The highest BCUT2D eigenvalue weighted by molar-refractivity contribution is 7.89. The number of nitro benzene ring substituents is 1. The first-order valence-electron chi connectivity index (χ1n) is 7.35. The lowest BCUT2D eigenvalue weighted by Gasteiger charge is -2.10. The van der Waals surface area contributed by atoms with E-state index < -0.39 is 32.1 Å². The zero-order chi connectivity index (χ0) is 20.9. The summed E-state index contributed by atoms with van der Waals surface area (Å²) in [7, 11) is -2.84. The molecule has 0 saturated carbocycles. The van der Waals surface area contributed by atoms with Crippen molar-refractivity contribution in [1.29, 1.82) is 0 Å². The van der Waals surface area contributed by atoms with E-state index in [1.54, 1.807) is 0 Å². The zero-order valence-electron chi connectivity index (χ0n) is 14.2. The van der Waals surface area contributed by atoms with Gasteiger partial charge in [0.15, 0.2) is 11.5 Å². The van der Waals surface area contributed by atoms with Crippen LogP contribution < -0.4 is 20.0 Å². The molecule has 0 atom stereocenters. The van der Waals surface area contributed by atoms with Crippen LogP contribution >= 0.6 is 0 Å². The Kier molecular flexibility index (Phi) is 6.43. The Bertz CT molecular complexity index is 1010. The number of halogens is 2. The molecule has 2 aromatic rings. The number of ether oxygens (including phenoxy) is 2. The number of alkyl halides is 2. The number of rotatable bonds is 8. The quantitative estimate of drug-likeness (QED) is 0.381. The van der Waals surface area contributed by atoms with E-state index in [0.29, 0.717) is 5.56 Å². The highest BCUT2D eigenvalue weighted by Crippen LogP contribution is 2.29. The van der Waals surface area contributed by atoms with Crippen molar-refractivity contribution < 1.29 is 31.6 Å². The number of nitrogens with zero attached hydrogens (tertiary/aromatic N) is 2. The Morgan fingerprint density at radius 3 is 2.54 bits per heavy atom. The molecule has 2 rings (SSSR count). The average molecular weight is 416 g/mol. The number of hydrogen-bond donors (Lipinski definition) is 2. The Hall–Kier alpha value is -3.32. The van der Waals surface area contributed by atoms with Gasteiger partial charge in [-0.25, -0.2) is 13.6 Å². The van der Waals surface area contributed by atoms with Crippen LogP contribution in [0.5, 0.6) is 11.5 Å². The van der Waals surface area contributed by atoms with Crippen molar-refractivity contribution in [2.75, 3.05) is 12.5 Å². The fraction of sp³-hybridized carbons (Fsp3) is 0.133. The van der Waals surface area contributed by atoms with Crippen molar-refractivity contribution in [3.05, 3.63) is 52.1 Å². The second-order valence-corrected chi connectivity index (χ2v) is 6.70. The second-order valence-electron chi connectivity index (χ2n) is 5.14. The van der Waals surface area contributed by atoms with Gasteiger partial charge in [-0.15, -0.1) is 0 Å². The van der Waals surface area contributed by atoms with Crippen molar-refractivity contribution >= 4 is 27.6 Å². The predicted octanol–water partition coefficient (Wildman–Crippen LogP) is 2.30. The number of primary sulfonamides is 1. The fourth-order valence-corrected chi connectivity index (χ4v) is 2.60. The molecule has 13 heteroatoms. The SMILES string of the molecule is COc1cc(/C=N\Nc2ccc(S(N)(=O)=O)cc2[N+](=O)[O-])ccc1OC(F)F. The van der Waals surface area contributed by atoms with Gasteiger partial charge in [-0.05, 0) is 35.9 Å². The van der Waals surface area contributed by atoms with Gasteiger partial charge in [-0.3, -0.25) is 15.5 Å².